The largest absolute Gasteiger partial charge is 0.480 e. The van der Waals surface area contributed by atoms with Crippen LogP contribution in [0.15, 0.2) is 4.99 Å². The number of nitrogens with zero attached hydrogens (tertiary/aromatic N) is 1. The fourth-order valence-electron chi connectivity index (χ4n) is 1.19. The lowest BCUT2D eigenvalue weighted by molar-refractivity contribution is -0.139. The Morgan fingerprint density at radius 3 is 1.76 bits per heavy atom. The predicted octanol–water partition coefficient (Wildman–Crippen LogP) is -0.960. The standard InChI is InChI=1S/C6H14N4O2.C6H13NO2/c7-4(5(11)12)2-1-3-10-6(8)9;1-2-3-4-5(7)6(8)9/h4H,1-3,7H2,(H,11,12)(H4,8,9,10);5H,2-4,7H2,1H3,(H,8,9). The van der Waals surface area contributed by atoms with E-state index in [0.29, 0.717) is 25.8 Å². The highest BCUT2D eigenvalue weighted by Crippen LogP contribution is 1.97. The number of carboxylic acid groups (broad SMARTS) is 2. The molecule has 0 aliphatic carbocycles. The van der Waals surface area contributed by atoms with Gasteiger partial charge in [-0.25, -0.2) is 0 Å². The molecule has 0 saturated carbocycles. The minimum atomic E-state index is -1.00. The van der Waals surface area contributed by atoms with Gasteiger partial charge in [0.1, 0.15) is 12.1 Å². The van der Waals surface area contributed by atoms with Crippen LogP contribution in [0.25, 0.3) is 0 Å². The number of aliphatic carboxylic acids is 2. The molecule has 0 rings (SSSR count). The van der Waals surface area contributed by atoms with Crippen LogP contribution in [0, 0.1) is 0 Å². The van der Waals surface area contributed by atoms with Crippen molar-refractivity contribution in [3.8, 4) is 0 Å². The Hall–Kier alpha value is -1.87. The van der Waals surface area contributed by atoms with Gasteiger partial charge >= 0.3 is 11.9 Å². The monoisotopic (exact) mass is 305 g/mol. The quantitative estimate of drug-likeness (QED) is 0.178. The number of carbonyl (C=O) groups is 2. The van der Waals surface area contributed by atoms with Crippen LogP contribution in [-0.4, -0.2) is 46.7 Å². The zero-order valence-electron chi connectivity index (χ0n) is 12.4. The third-order valence-corrected chi connectivity index (χ3v) is 2.47. The molecule has 0 amide bonds. The lowest BCUT2D eigenvalue weighted by Gasteiger charge is -2.03. The van der Waals surface area contributed by atoms with Crippen molar-refractivity contribution in [1.82, 2.24) is 0 Å². The molecule has 21 heavy (non-hydrogen) atoms. The van der Waals surface area contributed by atoms with Crippen molar-refractivity contribution in [3.05, 3.63) is 0 Å². The minimum absolute atomic E-state index is 0.0129. The maximum Gasteiger partial charge on any atom is 0.320 e. The van der Waals surface area contributed by atoms with Gasteiger partial charge in [-0.1, -0.05) is 19.8 Å². The smallest absolute Gasteiger partial charge is 0.320 e. The summed E-state index contributed by atoms with van der Waals surface area (Å²) in [5, 5.41) is 16.7. The van der Waals surface area contributed by atoms with Crippen LogP contribution in [0.4, 0.5) is 0 Å². The summed E-state index contributed by atoms with van der Waals surface area (Å²) in [4.78, 5) is 24.0. The van der Waals surface area contributed by atoms with Crippen LogP contribution in [0.2, 0.25) is 0 Å². The van der Waals surface area contributed by atoms with Crippen LogP contribution in [-0.2, 0) is 9.59 Å². The van der Waals surface area contributed by atoms with Gasteiger partial charge in [0.15, 0.2) is 5.96 Å². The number of guanidine groups is 1. The Labute approximate surface area is 124 Å². The Bertz CT molecular complexity index is 332. The van der Waals surface area contributed by atoms with E-state index in [2.05, 4.69) is 4.99 Å². The maximum atomic E-state index is 10.2. The summed E-state index contributed by atoms with van der Waals surface area (Å²) in [7, 11) is 0. The molecule has 0 aliphatic rings. The summed E-state index contributed by atoms with van der Waals surface area (Å²) >= 11 is 0. The molecule has 124 valence electrons. The van der Waals surface area contributed by atoms with Crippen LogP contribution in [0.3, 0.4) is 0 Å². The number of hydrogen-bond donors (Lipinski definition) is 6. The first-order valence-electron chi connectivity index (χ1n) is 6.74. The molecule has 0 spiro atoms. The molecule has 2 unspecified atom stereocenters. The molecule has 0 bridgehead atoms. The molecule has 9 nitrogen and oxygen atoms in total. The lowest BCUT2D eigenvalue weighted by Crippen LogP contribution is -2.30. The average molecular weight is 305 g/mol. The van der Waals surface area contributed by atoms with Crippen LogP contribution < -0.4 is 22.9 Å². The van der Waals surface area contributed by atoms with E-state index in [0.717, 1.165) is 12.8 Å². The Morgan fingerprint density at radius 1 is 1.00 bits per heavy atom. The van der Waals surface area contributed by atoms with E-state index in [4.69, 9.17) is 33.1 Å². The second kappa shape index (κ2) is 13.1. The first kappa shape index (κ1) is 21.4. The van der Waals surface area contributed by atoms with Crippen LogP contribution >= 0.6 is 0 Å². The van der Waals surface area contributed by atoms with Crippen molar-refractivity contribution in [3.63, 3.8) is 0 Å². The fraction of sp³-hybridized carbons (Fsp3) is 0.750. The van der Waals surface area contributed by atoms with Gasteiger partial charge in [-0.05, 0) is 19.3 Å². The number of aliphatic imine (C=N–C) groups is 1. The molecule has 9 heteroatoms. The number of hydrogen-bond acceptors (Lipinski definition) is 5. The van der Waals surface area contributed by atoms with E-state index >= 15 is 0 Å². The Kier molecular flexibility index (Phi) is 13.4. The fourth-order valence-corrected chi connectivity index (χ4v) is 1.19. The molecule has 10 N–H and O–H groups in total. The summed E-state index contributed by atoms with van der Waals surface area (Å²) in [6, 6.07) is -1.48. The first-order valence-corrected chi connectivity index (χ1v) is 6.74. The van der Waals surface area contributed by atoms with Crippen molar-refractivity contribution >= 4 is 17.9 Å². The molecule has 0 aromatic carbocycles. The number of rotatable bonds is 9. The van der Waals surface area contributed by atoms with E-state index in [1.807, 2.05) is 6.92 Å². The summed E-state index contributed by atoms with van der Waals surface area (Å²) in [5.74, 6) is -1.89. The van der Waals surface area contributed by atoms with Crippen LogP contribution in [0.5, 0.6) is 0 Å². The van der Waals surface area contributed by atoms with Gasteiger partial charge in [-0.3, -0.25) is 14.6 Å². The van der Waals surface area contributed by atoms with Crippen molar-refractivity contribution in [2.24, 2.45) is 27.9 Å². The lowest BCUT2D eigenvalue weighted by atomic mass is 10.1. The highest BCUT2D eigenvalue weighted by Gasteiger charge is 2.09. The van der Waals surface area contributed by atoms with Crippen molar-refractivity contribution < 1.29 is 19.8 Å². The number of carboxylic acids is 2. The summed E-state index contributed by atoms with van der Waals surface area (Å²) in [5.41, 5.74) is 20.5. The van der Waals surface area contributed by atoms with Gasteiger partial charge in [0.2, 0.25) is 0 Å². The maximum absolute atomic E-state index is 10.2. The molecule has 0 aromatic heterocycles. The third-order valence-electron chi connectivity index (χ3n) is 2.47. The molecule has 0 saturated heterocycles. The second-order valence-electron chi connectivity index (χ2n) is 4.48. The van der Waals surface area contributed by atoms with Gasteiger partial charge in [0.25, 0.3) is 0 Å². The van der Waals surface area contributed by atoms with Gasteiger partial charge in [-0.15, -0.1) is 0 Å². The number of unbranched alkanes of at least 4 members (excludes halogenated alkanes) is 1. The molecular weight excluding hydrogens is 278 g/mol. The molecule has 0 aliphatic heterocycles. The summed E-state index contributed by atoms with van der Waals surface area (Å²) in [6.07, 6.45) is 3.44. The molecule has 0 radical (unpaired) electrons. The third kappa shape index (κ3) is 16.1. The Balaban J connectivity index is 0. The van der Waals surface area contributed by atoms with Gasteiger partial charge in [0, 0.05) is 6.54 Å². The van der Waals surface area contributed by atoms with Crippen molar-refractivity contribution in [1.29, 1.82) is 0 Å². The SMILES string of the molecule is CCCCC(N)C(=O)O.NC(N)=NCCCC(N)C(=O)O. The zero-order valence-corrected chi connectivity index (χ0v) is 12.4. The summed E-state index contributed by atoms with van der Waals surface area (Å²) < 4.78 is 0. The van der Waals surface area contributed by atoms with E-state index < -0.39 is 24.0 Å². The van der Waals surface area contributed by atoms with Gasteiger partial charge in [0.05, 0.1) is 0 Å². The van der Waals surface area contributed by atoms with Gasteiger partial charge in [-0.2, -0.15) is 0 Å². The summed E-state index contributed by atoms with van der Waals surface area (Å²) in [6.45, 7) is 2.43. The Morgan fingerprint density at radius 2 is 1.43 bits per heavy atom. The van der Waals surface area contributed by atoms with E-state index in [1.54, 1.807) is 0 Å². The first-order chi connectivity index (χ1) is 9.72. The van der Waals surface area contributed by atoms with E-state index in [9.17, 15) is 9.59 Å². The van der Waals surface area contributed by atoms with E-state index in [1.165, 1.54) is 0 Å². The highest BCUT2D eigenvalue weighted by molar-refractivity contribution is 5.75. The van der Waals surface area contributed by atoms with Crippen molar-refractivity contribution in [2.45, 2.75) is 51.1 Å². The predicted molar refractivity (Wildman–Crippen MR) is 80.7 cm³/mol. The zero-order chi connectivity index (χ0) is 16.8. The minimum Gasteiger partial charge on any atom is -0.480 e. The molecule has 0 heterocycles. The molecule has 0 aromatic rings. The average Bonchev–Trinajstić information content (AvgIpc) is 2.40. The normalized spacial score (nSPS) is 12.5. The van der Waals surface area contributed by atoms with Crippen molar-refractivity contribution in [2.75, 3.05) is 6.54 Å². The second-order valence-corrected chi connectivity index (χ2v) is 4.48. The molecule has 0 fully saturated rings. The topological polar surface area (TPSA) is 191 Å². The number of nitrogens with two attached hydrogens (primary N) is 4. The molecular formula is C12H27N5O4. The highest BCUT2D eigenvalue weighted by atomic mass is 16.4. The van der Waals surface area contributed by atoms with Gasteiger partial charge < -0.3 is 33.1 Å². The molecule has 2 atom stereocenters. The van der Waals surface area contributed by atoms with E-state index in [-0.39, 0.29) is 5.96 Å². The van der Waals surface area contributed by atoms with Crippen LogP contribution in [0.1, 0.15) is 39.0 Å².